The van der Waals surface area contributed by atoms with Crippen molar-refractivity contribution in [3.05, 3.63) is 0 Å². The number of hydrogen-bond donors (Lipinski definition) is 0. The highest BCUT2D eigenvalue weighted by atomic mass is 32.2. The highest BCUT2D eigenvalue weighted by Crippen LogP contribution is 2.45. The van der Waals surface area contributed by atoms with Gasteiger partial charge in [0.25, 0.3) is 0 Å². The monoisotopic (exact) mass is 289 g/mol. The van der Waals surface area contributed by atoms with Crippen LogP contribution in [0, 0.1) is 22.7 Å². The molecule has 1 rings (SSSR count). The van der Waals surface area contributed by atoms with Crippen LogP contribution >= 0.6 is 0 Å². The Bertz CT molecular complexity index is 401. The molecular weight excluding hydrogens is 258 g/mol. The Kier molecular flexibility index (Phi) is 4.79. The maximum Gasteiger partial charge on any atom is 0.214 e. The maximum absolute atomic E-state index is 12.4. The second-order valence-corrected chi connectivity index (χ2v) is 10.1. The van der Waals surface area contributed by atoms with Gasteiger partial charge in [-0.05, 0) is 29.1 Å². The second kappa shape index (κ2) is 5.36. The lowest BCUT2D eigenvalue weighted by molar-refractivity contribution is 0.0573. The zero-order valence-corrected chi connectivity index (χ0v) is 14.5. The van der Waals surface area contributed by atoms with E-state index >= 15 is 0 Å². The highest BCUT2D eigenvalue weighted by Gasteiger charge is 2.47. The predicted octanol–water partition coefficient (Wildman–Crippen LogP) is 3.37. The predicted molar refractivity (Wildman–Crippen MR) is 81.5 cm³/mol. The van der Waals surface area contributed by atoms with Crippen molar-refractivity contribution >= 4 is 10.0 Å². The quantitative estimate of drug-likeness (QED) is 0.781. The normalized spacial score (nSPS) is 29.4. The minimum absolute atomic E-state index is 0.0311. The largest absolute Gasteiger partial charge is 0.214 e. The molecule has 0 aliphatic carbocycles. The van der Waals surface area contributed by atoms with Gasteiger partial charge in [-0.1, -0.05) is 48.5 Å². The average Bonchev–Trinajstić information content (AvgIpc) is 2.17. The van der Waals surface area contributed by atoms with Crippen LogP contribution < -0.4 is 0 Å². The summed E-state index contributed by atoms with van der Waals surface area (Å²) >= 11 is 0. The SMILES string of the molecule is CCCN1CC(C(C)(C)C)C(C(C)(C)C)CS1(=O)=O. The van der Waals surface area contributed by atoms with Gasteiger partial charge < -0.3 is 0 Å². The van der Waals surface area contributed by atoms with Crippen LogP contribution in [0.3, 0.4) is 0 Å². The minimum Gasteiger partial charge on any atom is -0.212 e. The topological polar surface area (TPSA) is 37.4 Å². The van der Waals surface area contributed by atoms with Gasteiger partial charge in [-0.15, -0.1) is 0 Å². The summed E-state index contributed by atoms with van der Waals surface area (Å²) in [5.41, 5.74) is 0.170. The van der Waals surface area contributed by atoms with E-state index in [1.165, 1.54) is 0 Å². The van der Waals surface area contributed by atoms with E-state index in [0.29, 0.717) is 24.8 Å². The van der Waals surface area contributed by atoms with Crippen LogP contribution in [0.2, 0.25) is 0 Å². The Morgan fingerprint density at radius 3 is 1.84 bits per heavy atom. The van der Waals surface area contributed by atoms with Crippen molar-refractivity contribution in [2.24, 2.45) is 22.7 Å². The van der Waals surface area contributed by atoms with Gasteiger partial charge in [0, 0.05) is 13.1 Å². The number of nitrogens with zero attached hydrogens (tertiary/aromatic N) is 1. The Balaban J connectivity index is 3.13. The molecule has 0 aromatic heterocycles. The number of hydrogen-bond acceptors (Lipinski definition) is 2. The highest BCUT2D eigenvalue weighted by molar-refractivity contribution is 7.89. The molecule has 2 atom stereocenters. The molecule has 0 aromatic rings. The summed E-state index contributed by atoms with van der Waals surface area (Å²) in [5.74, 6) is 0.950. The van der Waals surface area contributed by atoms with Crippen LogP contribution in [0.15, 0.2) is 0 Å². The maximum atomic E-state index is 12.4. The molecule has 1 aliphatic rings. The first-order valence-corrected chi connectivity index (χ1v) is 8.98. The Hall–Kier alpha value is -0.0900. The van der Waals surface area contributed by atoms with Gasteiger partial charge in [0.05, 0.1) is 5.75 Å². The molecule has 2 unspecified atom stereocenters. The van der Waals surface area contributed by atoms with E-state index < -0.39 is 10.0 Å². The molecule has 4 heteroatoms. The molecule has 3 nitrogen and oxygen atoms in total. The molecule has 0 aromatic carbocycles. The number of rotatable bonds is 2. The van der Waals surface area contributed by atoms with Crippen LogP contribution in [-0.4, -0.2) is 31.6 Å². The first-order chi connectivity index (χ1) is 8.39. The molecule has 19 heavy (non-hydrogen) atoms. The van der Waals surface area contributed by atoms with Crippen molar-refractivity contribution < 1.29 is 8.42 Å². The third kappa shape index (κ3) is 3.94. The third-order valence-corrected chi connectivity index (χ3v) is 6.27. The minimum atomic E-state index is -3.08. The van der Waals surface area contributed by atoms with Crippen LogP contribution in [-0.2, 0) is 10.0 Å². The summed E-state index contributed by atoms with van der Waals surface area (Å²) in [5, 5.41) is 0. The van der Waals surface area contributed by atoms with Crippen LogP contribution in [0.1, 0.15) is 54.9 Å². The fourth-order valence-corrected chi connectivity index (χ4v) is 5.36. The van der Waals surface area contributed by atoms with Crippen molar-refractivity contribution in [3.8, 4) is 0 Å². The van der Waals surface area contributed by atoms with Crippen molar-refractivity contribution in [3.63, 3.8) is 0 Å². The molecule has 1 heterocycles. The average molecular weight is 289 g/mol. The van der Waals surface area contributed by atoms with Gasteiger partial charge in [-0.3, -0.25) is 0 Å². The number of sulfonamides is 1. The molecule has 1 fully saturated rings. The van der Waals surface area contributed by atoms with E-state index in [2.05, 4.69) is 41.5 Å². The van der Waals surface area contributed by atoms with E-state index in [9.17, 15) is 8.42 Å². The molecule has 0 amide bonds. The van der Waals surface area contributed by atoms with Crippen LogP contribution in [0.25, 0.3) is 0 Å². The van der Waals surface area contributed by atoms with Crippen molar-refractivity contribution in [2.45, 2.75) is 54.9 Å². The van der Waals surface area contributed by atoms with Crippen molar-refractivity contribution in [1.82, 2.24) is 4.31 Å². The summed E-state index contributed by atoms with van der Waals surface area (Å²) in [6.45, 7) is 16.6. The van der Waals surface area contributed by atoms with E-state index in [1.807, 2.05) is 6.92 Å². The summed E-state index contributed by atoms with van der Waals surface area (Å²) in [6.07, 6.45) is 0.885. The van der Waals surface area contributed by atoms with Gasteiger partial charge in [0.1, 0.15) is 0 Å². The van der Waals surface area contributed by atoms with E-state index in [0.717, 1.165) is 6.42 Å². The lowest BCUT2D eigenvalue weighted by Gasteiger charge is -2.49. The molecule has 1 aliphatic heterocycles. The van der Waals surface area contributed by atoms with Crippen molar-refractivity contribution in [2.75, 3.05) is 18.8 Å². The Morgan fingerprint density at radius 2 is 1.47 bits per heavy atom. The summed E-state index contributed by atoms with van der Waals surface area (Å²) < 4.78 is 26.6. The molecule has 0 bridgehead atoms. The smallest absolute Gasteiger partial charge is 0.212 e. The molecule has 0 spiro atoms. The molecular formula is C15H31NO2S. The van der Waals surface area contributed by atoms with Crippen molar-refractivity contribution in [1.29, 1.82) is 0 Å². The zero-order valence-electron chi connectivity index (χ0n) is 13.7. The lowest BCUT2D eigenvalue weighted by Crippen LogP contribution is -2.54. The molecule has 1 saturated heterocycles. The van der Waals surface area contributed by atoms with Crippen LogP contribution in [0.4, 0.5) is 0 Å². The second-order valence-electron chi connectivity index (χ2n) is 8.08. The van der Waals surface area contributed by atoms with Gasteiger partial charge in [0.2, 0.25) is 10.0 Å². The molecule has 0 N–H and O–H groups in total. The zero-order chi connectivity index (χ0) is 15.1. The first kappa shape index (κ1) is 17.0. The van der Waals surface area contributed by atoms with E-state index in [-0.39, 0.29) is 16.7 Å². The van der Waals surface area contributed by atoms with Gasteiger partial charge in [-0.2, -0.15) is 0 Å². The Morgan fingerprint density at radius 1 is 1.00 bits per heavy atom. The summed E-state index contributed by atoms with van der Waals surface area (Å²) in [7, 11) is -3.08. The van der Waals surface area contributed by atoms with Gasteiger partial charge in [-0.25, -0.2) is 12.7 Å². The fourth-order valence-electron chi connectivity index (χ4n) is 3.12. The van der Waals surface area contributed by atoms with E-state index in [1.54, 1.807) is 4.31 Å². The molecule has 0 radical (unpaired) electrons. The lowest BCUT2D eigenvalue weighted by atomic mass is 9.65. The van der Waals surface area contributed by atoms with E-state index in [4.69, 9.17) is 0 Å². The molecule has 0 saturated carbocycles. The Labute approximate surface area is 119 Å². The van der Waals surface area contributed by atoms with Gasteiger partial charge >= 0.3 is 0 Å². The third-order valence-electron chi connectivity index (χ3n) is 4.37. The molecule has 114 valence electrons. The van der Waals surface area contributed by atoms with Gasteiger partial charge in [0.15, 0.2) is 0 Å². The van der Waals surface area contributed by atoms with Crippen LogP contribution in [0.5, 0.6) is 0 Å². The standard InChI is InChI=1S/C15H31NO2S/c1-8-9-16-10-12(14(2,3)4)13(15(5,6)7)11-19(16,17)18/h12-13H,8-11H2,1-7H3. The first-order valence-electron chi connectivity index (χ1n) is 7.37. The fraction of sp³-hybridized carbons (Fsp3) is 1.00. The summed E-state index contributed by atoms with van der Waals surface area (Å²) in [6, 6.07) is 0. The summed E-state index contributed by atoms with van der Waals surface area (Å²) in [4.78, 5) is 0.